The molecule has 3 rings (SSSR count). The van der Waals surface area contributed by atoms with E-state index in [9.17, 15) is 9.59 Å². The van der Waals surface area contributed by atoms with E-state index in [0.29, 0.717) is 30.0 Å². The van der Waals surface area contributed by atoms with Crippen LogP contribution in [0.25, 0.3) is 11.0 Å². The van der Waals surface area contributed by atoms with E-state index in [2.05, 4.69) is 5.32 Å². The maximum Gasteiger partial charge on any atom is 0.336 e. The van der Waals surface area contributed by atoms with Crippen molar-refractivity contribution in [2.45, 2.75) is 26.4 Å². The number of nitrogens with zero attached hydrogens (tertiary/aromatic N) is 1. The third kappa shape index (κ3) is 5.23. The summed E-state index contributed by atoms with van der Waals surface area (Å²) in [6.45, 7) is 5.06. The van der Waals surface area contributed by atoms with Crippen LogP contribution in [-0.2, 0) is 6.54 Å². The highest BCUT2D eigenvalue weighted by Crippen LogP contribution is 2.22. The van der Waals surface area contributed by atoms with E-state index in [-0.39, 0.29) is 17.6 Å². The van der Waals surface area contributed by atoms with Gasteiger partial charge in [0.2, 0.25) is 0 Å². The molecule has 0 saturated heterocycles. The Kier molecular flexibility index (Phi) is 6.34. The number of hydrogen-bond donors (Lipinski definition) is 1. The lowest BCUT2D eigenvalue weighted by molar-refractivity contribution is 0.0827. The van der Waals surface area contributed by atoms with Crippen molar-refractivity contribution in [1.29, 1.82) is 0 Å². The fourth-order valence-electron chi connectivity index (χ4n) is 2.99. The molecule has 1 aromatic heterocycles. The van der Waals surface area contributed by atoms with E-state index in [1.165, 1.54) is 6.07 Å². The molecule has 2 aromatic carbocycles. The van der Waals surface area contributed by atoms with Crippen molar-refractivity contribution in [3.05, 3.63) is 75.6 Å². The predicted molar refractivity (Wildman–Crippen MR) is 113 cm³/mol. The number of nitrogens with one attached hydrogen (secondary N) is 1. The maximum atomic E-state index is 11.9. The minimum Gasteiger partial charge on any atom is -0.492 e. The minimum absolute atomic E-state index is 0.00677. The summed E-state index contributed by atoms with van der Waals surface area (Å²) in [5.74, 6) is 0.652. The number of ether oxygens (including phenoxy) is 1. The van der Waals surface area contributed by atoms with Gasteiger partial charge in [0.05, 0.1) is 0 Å². The Balaban J connectivity index is 1.53. The van der Waals surface area contributed by atoms with Crippen LogP contribution in [0.3, 0.4) is 0 Å². The highest BCUT2D eigenvalue weighted by Gasteiger charge is 2.09. The summed E-state index contributed by atoms with van der Waals surface area (Å²) in [7, 11) is 3.48. The van der Waals surface area contributed by atoms with Crippen molar-refractivity contribution >= 4 is 16.9 Å². The monoisotopic (exact) mass is 394 g/mol. The molecule has 3 aromatic rings. The number of rotatable bonds is 7. The number of carbonyl (C=O) groups is 1. The normalized spacial score (nSPS) is 12.0. The molecule has 1 unspecified atom stereocenters. The maximum absolute atomic E-state index is 11.9. The fourth-order valence-corrected chi connectivity index (χ4v) is 2.99. The van der Waals surface area contributed by atoms with E-state index >= 15 is 0 Å². The molecule has 6 heteroatoms. The number of benzene rings is 2. The van der Waals surface area contributed by atoms with Crippen molar-refractivity contribution in [3.63, 3.8) is 0 Å². The molecule has 0 bridgehead atoms. The number of amides is 1. The van der Waals surface area contributed by atoms with Crippen molar-refractivity contribution in [3.8, 4) is 5.75 Å². The standard InChI is InChI=1S/C23H26N2O4/c1-15-11-22(26)29-21-12-19(9-10-20(15)21)28-14-16(2)24-13-17-5-7-18(8-6-17)23(27)25(3)4/h5-12,16,24H,13-14H2,1-4H3. The second-order valence-corrected chi connectivity index (χ2v) is 7.40. The number of aryl methyl sites for hydroxylation is 1. The second kappa shape index (κ2) is 8.92. The quantitative estimate of drug-likeness (QED) is 0.622. The average molecular weight is 394 g/mol. The van der Waals surface area contributed by atoms with Gasteiger partial charge in [0.25, 0.3) is 5.91 Å². The first-order valence-corrected chi connectivity index (χ1v) is 9.55. The van der Waals surface area contributed by atoms with Crippen LogP contribution >= 0.6 is 0 Å². The number of carbonyl (C=O) groups excluding carboxylic acids is 1. The molecule has 29 heavy (non-hydrogen) atoms. The third-order valence-electron chi connectivity index (χ3n) is 4.68. The van der Waals surface area contributed by atoms with Crippen LogP contribution in [0.1, 0.15) is 28.4 Å². The molecule has 0 radical (unpaired) electrons. The average Bonchev–Trinajstić information content (AvgIpc) is 2.70. The van der Waals surface area contributed by atoms with E-state index in [1.54, 1.807) is 25.1 Å². The van der Waals surface area contributed by atoms with E-state index < -0.39 is 0 Å². The van der Waals surface area contributed by atoms with Crippen LogP contribution < -0.4 is 15.7 Å². The first-order chi connectivity index (χ1) is 13.8. The van der Waals surface area contributed by atoms with Gasteiger partial charge in [-0.1, -0.05) is 12.1 Å². The van der Waals surface area contributed by atoms with Gasteiger partial charge in [-0.3, -0.25) is 4.79 Å². The van der Waals surface area contributed by atoms with Gasteiger partial charge in [0.1, 0.15) is 17.9 Å². The van der Waals surface area contributed by atoms with Crippen LogP contribution in [0, 0.1) is 6.92 Å². The van der Waals surface area contributed by atoms with Crippen LogP contribution in [-0.4, -0.2) is 37.6 Å². The Morgan fingerprint density at radius 1 is 1.14 bits per heavy atom. The van der Waals surface area contributed by atoms with Crippen LogP contribution in [0.4, 0.5) is 0 Å². The van der Waals surface area contributed by atoms with Crippen LogP contribution in [0.5, 0.6) is 5.75 Å². The van der Waals surface area contributed by atoms with Crippen molar-refractivity contribution in [2.75, 3.05) is 20.7 Å². The Morgan fingerprint density at radius 3 is 2.55 bits per heavy atom. The number of fused-ring (bicyclic) bond motifs is 1. The first-order valence-electron chi connectivity index (χ1n) is 9.55. The fraction of sp³-hybridized carbons (Fsp3) is 0.304. The molecule has 1 N–H and O–H groups in total. The first kappa shape index (κ1) is 20.6. The Morgan fingerprint density at radius 2 is 1.86 bits per heavy atom. The smallest absolute Gasteiger partial charge is 0.336 e. The molecular weight excluding hydrogens is 368 g/mol. The molecular formula is C23H26N2O4. The topological polar surface area (TPSA) is 71.8 Å². The summed E-state index contributed by atoms with van der Waals surface area (Å²) in [4.78, 5) is 25.0. The molecule has 0 fully saturated rings. The van der Waals surface area contributed by atoms with E-state index in [4.69, 9.17) is 9.15 Å². The SMILES string of the molecule is Cc1cc(=O)oc2cc(OCC(C)NCc3ccc(C(=O)N(C)C)cc3)ccc12. The summed E-state index contributed by atoms with van der Waals surface area (Å²) in [6.07, 6.45) is 0. The van der Waals surface area contributed by atoms with Crippen LogP contribution in [0.2, 0.25) is 0 Å². The summed E-state index contributed by atoms with van der Waals surface area (Å²) in [5, 5.41) is 4.30. The Hall–Kier alpha value is -3.12. The van der Waals surface area contributed by atoms with Crippen molar-refractivity contribution in [2.24, 2.45) is 0 Å². The van der Waals surface area contributed by atoms with Gasteiger partial charge in [0.15, 0.2) is 0 Å². The van der Waals surface area contributed by atoms with Gasteiger partial charge >= 0.3 is 5.63 Å². The lowest BCUT2D eigenvalue weighted by Crippen LogP contribution is -2.31. The largest absolute Gasteiger partial charge is 0.492 e. The van der Waals surface area contributed by atoms with Gasteiger partial charge in [-0.2, -0.15) is 0 Å². The highest BCUT2D eigenvalue weighted by molar-refractivity contribution is 5.93. The Bertz CT molecular complexity index is 1050. The van der Waals surface area contributed by atoms with Crippen molar-refractivity contribution < 1.29 is 13.9 Å². The molecule has 1 heterocycles. The summed E-state index contributed by atoms with van der Waals surface area (Å²) < 4.78 is 11.1. The molecule has 6 nitrogen and oxygen atoms in total. The molecule has 0 spiro atoms. The third-order valence-corrected chi connectivity index (χ3v) is 4.68. The minimum atomic E-state index is -0.361. The van der Waals surface area contributed by atoms with Gasteiger partial charge in [-0.25, -0.2) is 4.79 Å². The van der Waals surface area contributed by atoms with Crippen LogP contribution in [0.15, 0.2) is 57.7 Å². The molecule has 0 aliphatic heterocycles. The summed E-state index contributed by atoms with van der Waals surface area (Å²) in [5.41, 5.74) is 2.82. The molecule has 0 aliphatic carbocycles. The van der Waals surface area contributed by atoms with E-state index in [1.807, 2.05) is 50.2 Å². The van der Waals surface area contributed by atoms with Gasteiger partial charge < -0.3 is 19.4 Å². The zero-order chi connectivity index (χ0) is 21.0. The van der Waals surface area contributed by atoms with E-state index in [0.717, 1.165) is 16.5 Å². The molecule has 1 amide bonds. The molecule has 1 atom stereocenters. The zero-order valence-electron chi connectivity index (χ0n) is 17.2. The molecule has 152 valence electrons. The summed E-state index contributed by atoms with van der Waals surface area (Å²) in [6, 6.07) is 14.7. The Labute approximate surface area is 170 Å². The van der Waals surface area contributed by atoms with Gasteiger partial charge in [-0.05, 0) is 49.2 Å². The lowest BCUT2D eigenvalue weighted by atomic mass is 10.1. The van der Waals surface area contributed by atoms with Gasteiger partial charge in [-0.15, -0.1) is 0 Å². The molecule has 0 aliphatic rings. The zero-order valence-corrected chi connectivity index (χ0v) is 17.2. The number of hydrogen-bond acceptors (Lipinski definition) is 5. The lowest BCUT2D eigenvalue weighted by Gasteiger charge is -2.16. The predicted octanol–water partition coefficient (Wildman–Crippen LogP) is 3.36. The van der Waals surface area contributed by atoms with Gasteiger partial charge in [0, 0.05) is 49.8 Å². The molecule has 0 saturated carbocycles. The van der Waals surface area contributed by atoms with Crippen molar-refractivity contribution in [1.82, 2.24) is 10.2 Å². The summed E-state index contributed by atoms with van der Waals surface area (Å²) >= 11 is 0. The second-order valence-electron chi connectivity index (χ2n) is 7.40. The highest BCUT2D eigenvalue weighted by atomic mass is 16.5.